The van der Waals surface area contributed by atoms with Crippen molar-refractivity contribution in [1.82, 2.24) is 0 Å². The van der Waals surface area contributed by atoms with Gasteiger partial charge in [0.1, 0.15) is 177 Å². The third-order valence-corrected chi connectivity index (χ3v) is 30.7. The summed E-state index contributed by atoms with van der Waals surface area (Å²) in [5.41, 5.74) is -3.51. The van der Waals surface area contributed by atoms with Crippen LogP contribution in [0.2, 0.25) is 0 Å². The van der Waals surface area contributed by atoms with Gasteiger partial charge in [-0.15, -0.1) is 0 Å². The predicted octanol–water partition coefficient (Wildman–Crippen LogP) is -7.20. The van der Waals surface area contributed by atoms with Gasteiger partial charge in [-0.25, -0.2) is 4.79 Å². The summed E-state index contributed by atoms with van der Waals surface area (Å²) < 4.78 is 104. The maximum absolute atomic E-state index is 16.5. The zero-order valence-corrected chi connectivity index (χ0v) is 71.8. The Kier molecular flexibility index (Phi) is 30.5. The van der Waals surface area contributed by atoms with Gasteiger partial charge in [-0.2, -0.15) is 0 Å². The second-order valence-electron chi connectivity index (χ2n) is 38.8. The Morgan fingerprint density at radius 1 is 0.425 bits per heavy atom. The number of esters is 2. The summed E-state index contributed by atoms with van der Waals surface area (Å²) in [5.74, 6) is -2.62. The molecule has 4 saturated carbocycles. The Hall–Kier alpha value is -3.88. The second-order valence-corrected chi connectivity index (χ2v) is 38.8. The SMILES string of the molecule is C[C@@H]1O[C@@H](O[C@H]2[C@H](OC(=O)[C@@]34CC[C@]5(C)C(=CC[C@@H]6[C@@]7(C)CC[C@H](O[C@@H]8O[C@H](CO[C@@H]9O[C@H](CO)[C@H](O)[C@H](O)[C@H]9O[C@@H]9OC[C@@H](O)[C@H](O)[C@H]9O)[C@@H](O)[C@H](O)[C@H]8O[C@@H]8O[C@H](CO)[C@@H](O)[C@H](O)[C@H]8O)C(C)(C)[C@@H]7CC[C@]65C)[C@@H]3CC(C)(C)[C@@H](OC(=O)/C=C/c3ccccc3)C4)O[C@H](CO)[C@@H](O)[C@@H]2O)[C@H](O)[C@H](O[C@@H]2O[C@H](CO)[C@@H](O)[C@H](O)[C@H]2O)[C@H]1O[C@@H]1O[C@@H](CO)[C@H](O)[C@H]1O. The van der Waals surface area contributed by atoms with Crippen LogP contribution in [0.4, 0.5) is 0 Å². The average molecular weight is 1820 g/mol. The summed E-state index contributed by atoms with van der Waals surface area (Å²) in [4.78, 5) is 30.8. The Morgan fingerprint density at radius 3 is 1.46 bits per heavy atom. The van der Waals surface area contributed by atoms with Gasteiger partial charge < -0.3 is 198 Å². The number of carbonyl (C=O) groups is 2. The lowest BCUT2D eigenvalue weighted by Crippen LogP contribution is -2.68. The van der Waals surface area contributed by atoms with E-state index in [1.165, 1.54) is 13.0 Å². The van der Waals surface area contributed by atoms with Crippen LogP contribution in [0, 0.1) is 50.2 Å². The van der Waals surface area contributed by atoms with Gasteiger partial charge in [-0.3, -0.25) is 4.79 Å². The van der Waals surface area contributed by atoms with Crippen molar-refractivity contribution < 1.29 is 208 Å². The Bertz CT molecular complexity index is 3890. The molecule has 127 heavy (non-hydrogen) atoms. The maximum Gasteiger partial charge on any atom is 0.331 e. The second kappa shape index (κ2) is 39.1. The van der Waals surface area contributed by atoms with Gasteiger partial charge in [0.15, 0.2) is 50.1 Å². The van der Waals surface area contributed by atoms with E-state index < -0.39 is 342 Å². The van der Waals surface area contributed by atoms with Crippen LogP contribution < -0.4 is 0 Å². The third-order valence-electron chi connectivity index (χ3n) is 30.7. The van der Waals surface area contributed by atoms with E-state index >= 15 is 4.79 Å². The molecule has 0 radical (unpaired) electrons. The molecule has 0 spiro atoms. The van der Waals surface area contributed by atoms with E-state index in [2.05, 4.69) is 26.8 Å². The number of allylic oxidation sites excluding steroid dienone is 2. The molecule has 0 aromatic heterocycles. The lowest BCUT2D eigenvalue weighted by atomic mass is 9.33. The van der Waals surface area contributed by atoms with Gasteiger partial charge in [0, 0.05) is 17.9 Å². The fourth-order valence-electron chi connectivity index (χ4n) is 22.9. The number of benzene rings is 1. The van der Waals surface area contributed by atoms with Gasteiger partial charge in [-0.1, -0.05) is 90.4 Å². The summed E-state index contributed by atoms with van der Waals surface area (Å²) in [6, 6.07) is 9.01. The third kappa shape index (κ3) is 18.3. The normalized spacial score (nSPS) is 51.0. The summed E-state index contributed by atoms with van der Waals surface area (Å²) >= 11 is 0. The quantitative estimate of drug-likeness (QED) is 0.0187. The number of rotatable bonds is 25. The van der Waals surface area contributed by atoms with Gasteiger partial charge >= 0.3 is 11.9 Å². The first-order valence-electron chi connectivity index (χ1n) is 43.9. The molecule has 14 rings (SSSR count). The van der Waals surface area contributed by atoms with E-state index in [0.717, 1.165) is 5.57 Å². The Morgan fingerprint density at radius 2 is 0.890 bits per heavy atom. The van der Waals surface area contributed by atoms with Crippen LogP contribution >= 0.6 is 0 Å². The molecular formula is C85H130O42. The van der Waals surface area contributed by atoms with E-state index in [0.29, 0.717) is 44.1 Å². The molecule has 12 fully saturated rings. The molecule has 8 saturated heterocycles. The summed E-state index contributed by atoms with van der Waals surface area (Å²) in [5, 5.41) is 254. The summed E-state index contributed by atoms with van der Waals surface area (Å²) in [6.07, 6.45) is -63.2. The van der Waals surface area contributed by atoms with Crippen molar-refractivity contribution in [3.05, 3.63) is 53.6 Å². The standard InChI is InChI=1S/C85H130O42/c1-33-66(122-72-62(106)54(98)42(30-90)116-72)67(123-73-63(107)56(100)50(94)38(26-86)114-73)65(109)75(113-33)126-70-59(103)53(97)41(29-89)118-78(70)127-79(110)85-23-22-83(7)35(36(85)24-80(2,3)47(25-85)120-48(92)17-14-34-12-10-9-11-13-34)15-16-45-82(6)20-19-46(81(4,5)44(82)18-21-84(45,83)8)121-77-69(125-74-64(108)57(101)51(95)39(27-87)115-74)60(104)55(99)43(119-77)32-112-76-68(58(102)52(96)40(28-88)117-76)124-71-61(105)49(93)37(91)31-111-71/h9-15,17,33,36-47,49-78,86-91,93-109H,16,18-32H2,1-8H3/b17-14+/t33-,36-,37+,38+,39+,40+,41+,42-,43+,44-,45+,46-,47-,49-,50+,51+,52-,53+,54-,55+,56-,57-,58-,59-,60-,61+,62+,63+,64+,65+,66-,67-,68+,69+,70+,71-,72-,73-,74-,75-,76+,77-,78-,82-,83+,84+,85+/m0/s1. The summed E-state index contributed by atoms with van der Waals surface area (Å²) in [7, 11) is 0. The Labute approximate surface area is 731 Å². The lowest BCUT2D eigenvalue weighted by Gasteiger charge is -2.71. The van der Waals surface area contributed by atoms with Crippen LogP contribution in [-0.2, 0) is 90.1 Å². The largest absolute Gasteiger partial charge is 0.459 e. The van der Waals surface area contributed by atoms with Crippen LogP contribution in [0.3, 0.4) is 0 Å². The van der Waals surface area contributed by atoms with Crippen molar-refractivity contribution in [2.45, 2.75) is 359 Å². The van der Waals surface area contributed by atoms with Crippen LogP contribution in [0.25, 0.3) is 6.08 Å². The van der Waals surface area contributed by atoms with Gasteiger partial charge in [0.25, 0.3) is 0 Å². The predicted molar refractivity (Wildman–Crippen MR) is 421 cm³/mol. The van der Waals surface area contributed by atoms with Crippen molar-refractivity contribution in [2.75, 3.05) is 46.2 Å². The molecule has 5 aliphatic carbocycles. The van der Waals surface area contributed by atoms with Gasteiger partial charge in [0.05, 0.1) is 63.9 Å². The molecule has 1 aromatic rings. The fourth-order valence-corrected chi connectivity index (χ4v) is 22.9. The van der Waals surface area contributed by atoms with Crippen LogP contribution in [0.5, 0.6) is 0 Å². The molecule has 42 heteroatoms. The van der Waals surface area contributed by atoms with Crippen molar-refractivity contribution in [1.29, 1.82) is 0 Å². The number of hydrogen-bond donors (Lipinski definition) is 23. The molecule has 0 bridgehead atoms. The maximum atomic E-state index is 16.5. The van der Waals surface area contributed by atoms with Crippen molar-refractivity contribution in [2.24, 2.45) is 50.2 Å². The minimum atomic E-state index is -2.20. The molecule has 13 aliphatic rings. The first-order chi connectivity index (χ1) is 60.0. The zero-order chi connectivity index (χ0) is 92.1. The smallest absolute Gasteiger partial charge is 0.331 e. The van der Waals surface area contributed by atoms with Gasteiger partial charge in [-0.05, 0) is 109 Å². The van der Waals surface area contributed by atoms with Crippen molar-refractivity contribution >= 4 is 18.0 Å². The number of aliphatic hydroxyl groups is 23. The van der Waals surface area contributed by atoms with Crippen LogP contribution in [0.1, 0.15) is 119 Å². The average Bonchev–Trinajstić information content (AvgIpc) is 0.942. The molecule has 47 atom stereocenters. The Balaban J connectivity index is 0.750. The molecule has 0 amide bonds. The first-order valence-corrected chi connectivity index (χ1v) is 43.9. The highest BCUT2D eigenvalue weighted by molar-refractivity contribution is 5.87. The van der Waals surface area contributed by atoms with E-state index in [1.807, 2.05) is 33.8 Å². The molecule has 42 nitrogen and oxygen atoms in total. The highest BCUT2D eigenvalue weighted by Gasteiger charge is 2.72. The van der Waals surface area contributed by atoms with E-state index in [-0.39, 0.29) is 31.1 Å². The zero-order valence-electron chi connectivity index (χ0n) is 71.8. The minimum Gasteiger partial charge on any atom is -0.459 e. The van der Waals surface area contributed by atoms with Crippen molar-refractivity contribution in [3.63, 3.8) is 0 Å². The first kappa shape index (κ1) is 99.1. The topological polar surface area (TPSA) is 656 Å². The van der Waals surface area contributed by atoms with Crippen molar-refractivity contribution in [3.8, 4) is 0 Å². The number of aliphatic hydroxyl groups excluding tert-OH is 23. The molecule has 8 heterocycles. The molecule has 23 N–H and O–H groups in total. The van der Waals surface area contributed by atoms with E-state index in [4.69, 9.17) is 80.5 Å². The molecule has 722 valence electrons. The van der Waals surface area contributed by atoms with Gasteiger partial charge in [0.2, 0.25) is 6.29 Å². The summed E-state index contributed by atoms with van der Waals surface area (Å²) in [6.45, 7) is 10.4. The molecule has 0 unspecified atom stereocenters. The number of fused-ring (bicyclic) bond motifs is 7. The lowest BCUT2D eigenvalue weighted by molar-refractivity contribution is -0.390. The highest BCUT2D eigenvalue weighted by atomic mass is 16.8. The van der Waals surface area contributed by atoms with E-state index in [1.54, 1.807) is 30.3 Å². The fraction of sp³-hybridized carbons (Fsp3) is 0.859. The van der Waals surface area contributed by atoms with Crippen LogP contribution in [0.15, 0.2) is 48.1 Å². The minimum absolute atomic E-state index is 0.0772. The monoisotopic (exact) mass is 1820 g/mol. The molecule has 8 aliphatic heterocycles. The number of hydrogen-bond acceptors (Lipinski definition) is 42. The number of ether oxygens (including phenoxy) is 17. The highest BCUT2D eigenvalue weighted by Crippen LogP contribution is 2.76. The molecule has 1 aromatic carbocycles. The van der Waals surface area contributed by atoms with E-state index in [9.17, 15) is 122 Å². The number of carbonyl (C=O) groups excluding carboxylic acids is 2. The molecular weight excluding hydrogens is 1690 g/mol. The van der Waals surface area contributed by atoms with Crippen LogP contribution in [-0.4, -0.2) is 421 Å².